The van der Waals surface area contributed by atoms with E-state index in [1.54, 1.807) is 0 Å². The van der Waals surface area contributed by atoms with Crippen LogP contribution in [0.5, 0.6) is 0 Å². The lowest BCUT2D eigenvalue weighted by Crippen LogP contribution is -2.74. The van der Waals surface area contributed by atoms with Crippen molar-refractivity contribution in [3.05, 3.63) is 328 Å². The van der Waals surface area contributed by atoms with Gasteiger partial charge in [-0.25, -0.2) is 0 Å². The van der Waals surface area contributed by atoms with E-state index in [2.05, 4.69) is 337 Å². The second kappa shape index (κ2) is 20.5. The van der Waals surface area contributed by atoms with Gasteiger partial charge in [0.1, 0.15) is 0 Å². The molecule has 0 atom stereocenters. The number of aromatic nitrogens is 1. The number of hydrogen-bond acceptors (Lipinski definition) is 1. The highest BCUT2D eigenvalue weighted by Gasteiger charge is 2.41. The maximum atomic E-state index is 2.46. The molecule has 0 aliphatic rings. The van der Waals surface area contributed by atoms with E-state index in [1.807, 2.05) is 0 Å². The Kier molecular flexibility index (Phi) is 12.3. The van der Waals surface area contributed by atoms with Gasteiger partial charge in [0.15, 0.2) is 8.07 Å². The SMILES string of the molecule is c1ccc(-c2cc(-c3ccccc3)cc(-n3c4ccccc4c4c(-c5cccc(N(c6ccc(-c7cccc8ccccc78)cc6)c6ccc([Si](c7ccccc7)(c7ccccc7)c7ccccc7)cc6)c5)cccc43)c2)cc1. The summed E-state index contributed by atoms with van der Waals surface area (Å²) >= 11 is 0. The first kappa shape index (κ1) is 47.4. The fourth-order valence-corrected chi connectivity index (χ4v) is 17.1. The van der Waals surface area contributed by atoms with Gasteiger partial charge in [-0.3, -0.25) is 0 Å². The first-order chi connectivity index (χ1) is 39.2. The summed E-state index contributed by atoms with van der Waals surface area (Å²) in [6.45, 7) is 0. The normalized spacial score (nSPS) is 11.5. The summed E-state index contributed by atoms with van der Waals surface area (Å²) in [5, 5.41) is 10.3. The molecule has 13 aromatic carbocycles. The molecule has 0 saturated carbocycles. The van der Waals surface area contributed by atoms with Gasteiger partial charge in [0.2, 0.25) is 0 Å². The summed E-state index contributed by atoms with van der Waals surface area (Å²) in [6, 6.07) is 121. The smallest absolute Gasteiger partial charge is 0.179 e. The molecule has 14 aromatic rings. The number of rotatable bonds is 12. The molecule has 0 unspecified atom stereocenters. The van der Waals surface area contributed by atoms with E-state index in [0.29, 0.717) is 0 Å². The molecule has 0 amide bonds. The average molecular weight is 1020 g/mol. The third-order valence-electron chi connectivity index (χ3n) is 15.9. The van der Waals surface area contributed by atoms with E-state index in [-0.39, 0.29) is 0 Å². The van der Waals surface area contributed by atoms with Crippen LogP contribution < -0.4 is 25.6 Å². The Hall–Kier alpha value is -10.1. The van der Waals surface area contributed by atoms with Crippen molar-refractivity contribution >= 4 is 78.5 Å². The Morgan fingerprint density at radius 3 is 1.30 bits per heavy atom. The minimum Gasteiger partial charge on any atom is -0.310 e. The number of benzene rings is 13. The van der Waals surface area contributed by atoms with Gasteiger partial charge >= 0.3 is 0 Å². The summed E-state index contributed by atoms with van der Waals surface area (Å²) < 4.78 is 2.46. The summed E-state index contributed by atoms with van der Waals surface area (Å²) in [4.78, 5) is 2.43. The first-order valence-corrected chi connectivity index (χ1v) is 29.2. The van der Waals surface area contributed by atoms with Crippen LogP contribution in [0.4, 0.5) is 17.1 Å². The van der Waals surface area contributed by atoms with Crippen molar-refractivity contribution < 1.29 is 0 Å². The topological polar surface area (TPSA) is 8.17 Å². The number of fused-ring (bicyclic) bond motifs is 4. The molecule has 0 spiro atoms. The lowest BCUT2D eigenvalue weighted by atomic mass is 9.97. The first-order valence-electron chi connectivity index (χ1n) is 27.2. The molecule has 372 valence electrons. The Labute approximate surface area is 463 Å². The highest BCUT2D eigenvalue weighted by Crippen LogP contribution is 2.43. The summed E-state index contributed by atoms with van der Waals surface area (Å²) in [6.07, 6.45) is 0. The van der Waals surface area contributed by atoms with E-state index in [4.69, 9.17) is 0 Å². The van der Waals surface area contributed by atoms with Crippen molar-refractivity contribution in [1.82, 2.24) is 4.57 Å². The van der Waals surface area contributed by atoms with E-state index >= 15 is 0 Å². The maximum Gasteiger partial charge on any atom is 0.179 e. The van der Waals surface area contributed by atoms with Crippen LogP contribution in [-0.2, 0) is 0 Å². The zero-order valence-electron chi connectivity index (χ0n) is 43.6. The van der Waals surface area contributed by atoms with Crippen molar-refractivity contribution in [2.45, 2.75) is 0 Å². The molecule has 3 heteroatoms. The second-order valence-corrected chi connectivity index (χ2v) is 24.2. The number of hydrogen-bond donors (Lipinski definition) is 0. The van der Waals surface area contributed by atoms with Crippen molar-refractivity contribution in [3.8, 4) is 50.2 Å². The molecule has 1 aromatic heterocycles. The summed E-state index contributed by atoms with van der Waals surface area (Å²) in [5.74, 6) is 0. The fourth-order valence-electron chi connectivity index (χ4n) is 12.3. The fraction of sp³-hybridized carbons (Fsp3) is 0. The Morgan fingerprint density at radius 1 is 0.253 bits per heavy atom. The second-order valence-electron chi connectivity index (χ2n) is 20.4. The standard InChI is InChI=1S/C76H54N2Si/c1-6-23-55(24-7-1)60-51-61(56-25-8-2-9-26-56)54-65(53-60)78-74-41-19-18-38-73(74)76-72(40-22-42-75(76)78)59-29-20-30-64(52-59)77(62-45-43-58(44-46-62)71-39-21-28-57-27-16-17-37-70(57)71)63-47-49-69(50-48-63)79(66-31-10-3-11-32-66,67-33-12-4-13-34-67)68-35-14-5-15-36-68/h1-54H. The minimum absolute atomic E-state index is 1.07. The van der Waals surface area contributed by atoms with E-state index in [0.717, 1.165) is 33.8 Å². The summed E-state index contributed by atoms with van der Waals surface area (Å²) in [5.41, 5.74) is 16.1. The van der Waals surface area contributed by atoms with Gasteiger partial charge in [-0.15, -0.1) is 0 Å². The molecule has 0 bridgehead atoms. The van der Waals surface area contributed by atoms with Gasteiger partial charge in [0.25, 0.3) is 0 Å². The van der Waals surface area contributed by atoms with Crippen molar-refractivity contribution in [1.29, 1.82) is 0 Å². The average Bonchev–Trinajstić information content (AvgIpc) is 4.16. The van der Waals surface area contributed by atoms with Gasteiger partial charge in [0.05, 0.1) is 11.0 Å². The van der Waals surface area contributed by atoms with Crippen LogP contribution in [0.25, 0.3) is 82.8 Å². The third-order valence-corrected chi connectivity index (χ3v) is 20.7. The Morgan fingerprint density at radius 2 is 0.696 bits per heavy atom. The molecule has 0 fully saturated rings. The molecule has 0 aliphatic carbocycles. The highest BCUT2D eigenvalue weighted by molar-refractivity contribution is 7.19. The molecule has 79 heavy (non-hydrogen) atoms. The number of nitrogens with zero attached hydrogens (tertiary/aromatic N) is 2. The predicted octanol–water partition coefficient (Wildman–Crippen LogP) is 17.5. The summed E-state index contributed by atoms with van der Waals surface area (Å²) in [7, 11) is -2.77. The quantitative estimate of drug-likeness (QED) is 0.0875. The van der Waals surface area contributed by atoms with Crippen molar-refractivity contribution in [3.63, 3.8) is 0 Å². The van der Waals surface area contributed by atoms with E-state index in [1.165, 1.54) is 86.8 Å². The van der Waals surface area contributed by atoms with Crippen LogP contribution in [0.3, 0.4) is 0 Å². The predicted molar refractivity (Wildman–Crippen MR) is 338 cm³/mol. The molecule has 0 radical (unpaired) electrons. The number of para-hydroxylation sites is 1. The largest absolute Gasteiger partial charge is 0.310 e. The molecule has 0 saturated heterocycles. The molecule has 14 rings (SSSR count). The number of anilines is 3. The molecule has 2 nitrogen and oxygen atoms in total. The Bertz CT molecular complexity index is 4280. The lowest BCUT2D eigenvalue weighted by Gasteiger charge is -2.35. The van der Waals surface area contributed by atoms with Crippen LogP contribution in [-0.4, -0.2) is 12.6 Å². The van der Waals surface area contributed by atoms with Crippen molar-refractivity contribution in [2.24, 2.45) is 0 Å². The molecular weight excluding hydrogens is 969 g/mol. The molecule has 1 heterocycles. The lowest BCUT2D eigenvalue weighted by molar-refractivity contribution is 1.18. The van der Waals surface area contributed by atoms with Gasteiger partial charge in [-0.2, -0.15) is 0 Å². The maximum absolute atomic E-state index is 2.77. The zero-order valence-corrected chi connectivity index (χ0v) is 44.6. The monoisotopic (exact) mass is 1020 g/mol. The van der Waals surface area contributed by atoms with Crippen LogP contribution in [0.2, 0.25) is 0 Å². The van der Waals surface area contributed by atoms with Crippen LogP contribution in [0.15, 0.2) is 328 Å². The van der Waals surface area contributed by atoms with E-state index in [9.17, 15) is 0 Å². The van der Waals surface area contributed by atoms with Gasteiger partial charge < -0.3 is 9.47 Å². The highest BCUT2D eigenvalue weighted by atomic mass is 28.3. The van der Waals surface area contributed by atoms with Crippen LogP contribution in [0, 0.1) is 0 Å². The van der Waals surface area contributed by atoms with Crippen molar-refractivity contribution in [2.75, 3.05) is 4.90 Å². The van der Waals surface area contributed by atoms with Gasteiger partial charge in [-0.05, 0) is 143 Å². The van der Waals surface area contributed by atoms with Gasteiger partial charge in [0, 0.05) is 33.5 Å². The van der Waals surface area contributed by atoms with Crippen LogP contribution in [0.1, 0.15) is 0 Å². The molecular formula is C76H54N2Si. The molecule has 0 N–H and O–H groups in total. The molecule has 0 aliphatic heterocycles. The van der Waals surface area contributed by atoms with Gasteiger partial charge in [-0.1, -0.05) is 261 Å². The van der Waals surface area contributed by atoms with E-state index < -0.39 is 8.07 Å². The third kappa shape index (κ3) is 8.54. The Balaban J connectivity index is 0.938. The zero-order chi connectivity index (χ0) is 52.5. The minimum atomic E-state index is -2.77. The van der Waals surface area contributed by atoms with Crippen LogP contribution >= 0.6 is 0 Å².